The van der Waals surface area contributed by atoms with E-state index in [1.54, 1.807) is 6.21 Å². The summed E-state index contributed by atoms with van der Waals surface area (Å²) in [4.78, 5) is 0. The van der Waals surface area contributed by atoms with Crippen LogP contribution in [0, 0.1) is 0 Å². The van der Waals surface area contributed by atoms with E-state index < -0.39 is 0 Å². The van der Waals surface area contributed by atoms with Crippen molar-refractivity contribution in [3.05, 3.63) is 35.4 Å². The smallest absolute Gasteiger partial charge is 0.184 e. The van der Waals surface area contributed by atoms with Gasteiger partial charge in [-0.3, -0.25) is 5.43 Å². The van der Waals surface area contributed by atoms with Crippen LogP contribution in [0.15, 0.2) is 29.4 Å². The summed E-state index contributed by atoms with van der Waals surface area (Å²) in [6, 6.07) is 8.74. The van der Waals surface area contributed by atoms with Crippen molar-refractivity contribution in [2.24, 2.45) is 10.8 Å². The van der Waals surface area contributed by atoms with Crippen molar-refractivity contribution in [2.45, 2.75) is 39.0 Å². The van der Waals surface area contributed by atoms with Crippen molar-refractivity contribution >= 4 is 23.5 Å². The van der Waals surface area contributed by atoms with E-state index in [2.05, 4.69) is 67.8 Å². The Morgan fingerprint density at radius 2 is 1.94 bits per heavy atom. The molecular weight excluding hydrogens is 242 g/mol. The van der Waals surface area contributed by atoms with Gasteiger partial charge >= 0.3 is 0 Å². The molecule has 1 rings (SSSR count). The van der Waals surface area contributed by atoms with E-state index in [9.17, 15) is 0 Å². The van der Waals surface area contributed by atoms with E-state index >= 15 is 0 Å². The maximum Gasteiger partial charge on any atom is 0.184 e. The average molecular weight is 263 g/mol. The summed E-state index contributed by atoms with van der Waals surface area (Å²) in [5, 5.41) is 4.10. The van der Waals surface area contributed by atoms with Gasteiger partial charge in [-0.1, -0.05) is 45.0 Å². The van der Waals surface area contributed by atoms with E-state index in [0.29, 0.717) is 0 Å². The lowest BCUT2D eigenvalue weighted by Gasteiger charge is -2.19. The normalized spacial score (nSPS) is 11.7. The minimum atomic E-state index is 0.195. The number of rotatable bonds is 4. The molecule has 0 radical (unpaired) electrons. The summed E-state index contributed by atoms with van der Waals surface area (Å²) in [7, 11) is 0. The first kappa shape index (κ1) is 14.6. The van der Waals surface area contributed by atoms with E-state index in [4.69, 9.17) is 5.73 Å². The molecule has 0 saturated carbocycles. The zero-order valence-corrected chi connectivity index (χ0v) is 12.1. The second-order valence-electron chi connectivity index (χ2n) is 5.27. The van der Waals surface area contributed by atoms with Crippen LogP contribution >= 0.6 is 12.2 Å². The van der Waals surface area contributed by atoms with Gasteiger partial charge < -0.3 is 5.73 Å². The molecule has 0 aliphatic rings. The standard InChI is InChI=1S/C14H21N3S/c1-14(2,3)12-8-6-11(7-9-12)5-4-10-16-17-13(15)18/h6-10H,4-5H2,1-3H3,(H3,15,17,18)/b16-10-. The van der Waals surface area contributed by atoms with Crippen molar-refractivity contribution in [2.75, 3.05) is 0 Å². The topological polar surface area (TPSA) is 50.4 Å². The number of nitrogens with one attached hydrogen (secondary N) is 1. The lowest BCUT2D eigenvalue weighted by atomic mass is 9.86. The molecule has 0 unspecified atom stereocenters. The van der Waals surface area contributed by atoms with Gasteiger partial charge in [-0.25, -0.2) is 0 Å². The first-order chi connectivity index (χ1) is 8.39. The summed E-state index contributed by atoms with van der Waals surface area (Å²) < 4.78 is 0. The third-order valence-electron chi connectivity index (χ3n) is 2.65. The fourth-order valence-electron chi connectivity index (χ4n) is 1.58. The lowest BCUT2D eigenvalue weighted by Crippen LogP contribution is -2.23. The van der Waals surface area contributed by atoms with Crippen LogP contribution in [0.1, 0.15) is 38.3 Å². The molecule has 0 aromatic heterocycles. The van der Waals surface area contributed by atoms with Crippen LogP contribution < -0.4 is 11.2 Å². The Kier molecular flexibility index (Phi) is 5.28. The predicted octanol–water partition coefficient (Wildman–Crippen LogP) is 2.74. The fraction of sp³-hybridized carbons (Fsp3) is 0.429. The molecule has 1 aromatic carbocycles. The number of aryl methyl sites for hydroxylation is 1. The van der Waals surface area contributed by atoms with Crippen LogP contribution in [0.2, 0.25) is 0 Å². The van der Waals surface area contributed by atoms with Gasteiger partial charge in [-0.05, 0) is 41.6 Å². The van der Waals surface area contributed by atoms with Gasteiger partial charge in [0.25, 0.3) is 0 Å². The van der Waals surface area contributed by atoms with E-state index in [-0.39, 0.29) is 10.5 Å². The van der Waals surface area contributed by atoms with Crippen molar-refractivity contribution in [1.82, 2.24) is 5.43 Å². The number of hydrazone groups is 1. The van der Waals surface area contributed by atoms with Gasteiger partial charge in [0.1, 0.15) is 0 Å². The summed E-state index contributed by atoms with van der Waals surface area (Å²) in [5.74, 6) is 0. The quantitative estimate of drug-likeness (QED) is 0.499. The zero-order chi connectivity index (χ0) is 13.6. The van der Waals surface area contributed by atoms with Crippen molar-refractivity contribution in [3.63, 3.8) is 0 Å². The number of hydrogen-bond donors (Lipinski definition) is 2. The Hall–Kier alpha value is -1.42. The minimum Gasteiger partial charge on any atom is -0.375 e. The second kappa shape index (κ2) is 6.50. The maximum atomic E-state index is 5.25. The number of hydrogen-bond acceptors (Lipinski definition) is 2. The predicted molar refractivity (Wildman–Crippen MR) is 81.9 cm³/mol. The van der Waals surface area contributed by atoms with Crippen molar-refractivity contribution in [3.8, 4) is 0 Å². The van der Waals surface area contributed by atoms with Gasteiger partial charge in [-0.15, -0.1) is 0 Å². The van der Waals surface area contributed by atoms with E-state index in [1.807, 2.05) is 0 Å². The molecule has 1 aromatic rings. The third kappa shape index (κ3) is 5.27. The van der Waals surface area contributed by atoms with Gasteiger partial charge in [0, 0.05) is 6.21 Å². The molecule has 0 atom stereocenters. The first-order valence-corrected chi connectivity index (χ1v) is 6.47. The highest BCUT2D eigenvalue weighted by molar-refractivity contribution is 7.80. The van der Waals surface area contributed by atoms with Crippen molar-refractivity contribution in [1.29, 1.82) is 0 Å². The molecule has 0 amide bonds. The molecule has 18 heavy (non-hydrogen) atoms. The Balaban J connectivity index is 2.45. The van der Waals surface area contributed by atoms with Crippen LogP contribution in [0.4, 0.5) is 0 Å². The molecule has 98 valence electrons. The maximum absolute atomic E-state index is 5.25. The highest BCUT2D eigenvalue weighted by atomic mass is 32.1. The molecule has 3 N–H and O–H groups in total. The molecule has 0 bridgehead atoms. The number of nitrogens with two attached hydrogens (primary N) is 1. The molecule has 0 aliphatic carbocycles. The monoisotopic (exact) mass is 263 g/mol. The SMILES string of the molecule is CC(C)(C)c1ccc(CC/C=N\NC(N)=S)cc1. The third-order valence-corrected chi connectivity index (χ3v) is 2.74. The first-order valence-electron chi connectivity index (χ1n) is 6.06. The van der Waals surface area contributed by atoms with Crippen molar-refractivity contribution < 1.29 is 0 Å². The fourth-order valence-corrected chi connectivity index (χ4v) is 1.63. The van der Waals surface area contributed by atoms with Crippen LogP contribution in [0.3, 0.4) is 0 Å². The number of benzene rings is 1. The molecule has 3 nitrogen and oxygen atoms in total. The molecule has 0 spiro atoms. The van der Waals surface area contributed by atoms with Crippen LogP contribution in [0.5, 0.6) is 0 Å². The van der Waals surface area contributed by atoms with Crippen LogP contribution in [0.25, 0.3) is 0 Å². The summed E-state index contributed by atoms with van der Waals surface area (Å²) in [6.07, 6.45) is 3.62. The largest absolute Gasteiger partial charge is 0.375 e. The second-order valence-corrected chi connectivity index (χ2v) is 5.71. The van der Waals surface area contributed by atoms with Crippen LogP contribution in [-0.2, 0) is 11.8 Å². The van der Waals surface area contributed by atoms with Gasteiger partial charge in [-0.2, -0.15) is 5.10 Å². The van der Waals surface area contributed by atoms with E-state index in [0.717, 1.165) is 12.8 Å². The molecule has 0 heterocycles. The molecular formula is C14H21N3S. The van der Waals surface area contributed by atoms with E-state index in [1.165, 1.54) is 11.1 Å². The summed E-state index contributed by atoms with van der Waals surface area (Å²) in [5.41, 5.74) is 10.7. The summed E-state index contributed by atoms with van der Waals surface area (Å²) >= 11 is 4.64. The minimum absolute atomic E-state index is 0.195. The number of nitrogens with zero attached hydrogens (tertiary/aromatic N) is 1. The Labute approximate surface area is 114 Å². The molecule has 0 fully saturated rings. The molecule has 0 aliphatic heterocycles. The Morgan fingerprint density at radius 1 is 1.33 bits per heavy atom. The van der Waals surface area contributed by atoms with Gasteiger partial charge in [0.2, 0.25) is 0 Å². The summed E-state index contributed by atoms with van der Waals surface area (Å²) in [6.45, 7) is 6.65. The Morgan fingerprint density at radius 3 is 2.44 bits per heavy atom. The van der Waals surface area contributed by atoms with Crippen LogP contribution in [-0.4, -0.2) is 11.3 Å². The average Bonchev–Trinajstić information content (AvgIpc) is 2.27. The lowest BCUT2D eigenvalue weighted by molar-refractivity contribution is 0.590. The van der Waals surface area contributed by atoms with Gasteiger partial charge in [0.05, 0.1) is 0 Å². The molecule has 4 heteroatoms. The Bertz CT molecular complexity index is 416. The highest BCUT2D eigenvalue weighted by Crippen LogP contribution is 2.22. The van der Waals surface area contributed by atoms with Gasteiger partial charge in [0.15, 0.2) is 5.11 Å². The zero-order valence-electron chi connectivity index (χ0n) is 11.2. The molecule has 0 saturated heterocycles. The highest BCUT2D eigenvalue weighted by Gasteiger charge is 2.12. The number of thiocarbonyl (C=S) groups is 1.